The van der Waals surface area contributed by atoms with Crippen LogP contribution in [-0.2, 0) is 9.59 Å². The summed E-state index contributed by atoms with van der Waals surface area (Å²) in [5.41, 5.74) is 4.36. The van der Waals surface area contributed by atoms with E-state index in [0.717, 1.165) is 5.56 Å². The second-order valence-electron chi connectivity index (χ2n) is 6.05. The highest BCUT2D eigenvalue weighted by atomic mass is 35.5. The molecule has 0 atom stereocenters. The molecule has 8 heteroatoms. The average Bonchev–Trinajstić information content (AvgIpc) is 2.66. The molecular formula is C20H22ClN3O4. The van der Waals surface area contributed by atoms with Gasteiger partial charge in [0.2, 0.25) is 5.91 Å². The minimum absolute atomic E-state index is 0.00519. The smallest absolute Gasteiger partial charge is 0.277 e. The Labute approximate surface area is 168 Å². The van der Waals surface area contributed by atoms with E-state index in [1.165, 1.54) is 7.11 Å². The number of amides is 2. The largest absolute Gasteiger partial charge is 0.495 e. The standard InChI is InChI=1S/C20H22ClN3O4/c1-13-4-7-16(8-5-13)28-12-20(26)24-23-14(2)10-19(25)22-17-11-15(21)6-9-18(17)27-3/h4-9,11H,10,12H2,1-3H3,(H,22,25)(H,24,26)/b23-14-. The Morgan fingerprint density at radius 2 is 1.82 bits per heavy atom. The lowest BCUT2D eigenvalue weighted by molar-refractivity contribution is -0.123. The van der Waals surface area contributed by atoms with Crippen LogP contribution in [0.15, 0.2) is 47.6 Å². The third-order valence-corrected chi connectivity index (χ3v) is 3.85. The number of aryl methyl sites for hydroxylation is 1. The number of rotatable bonds is 8. The van der Waals surface area contributed by atoms with Crippen molar-refractivity contribution in [1.82, 2.24) is 5.43 Å². The van der Waals surface area contributed by atoms with Crippen molar-refractivity contribution in [3.8, 4) is 11.5 Å². The number of hydrogen-bond donors (Lipinski definition) is 2. The number of nitrogens with one attached hydrogen (secondary N) is 2. The van der Waals surface area contributed by atoms with Crippen LogP contribution >= 0.6 is 11.6 Å². The van der Waals surface area contributed by atoms with Crippen molar-refractivity contribution in [3.63, 3.8) is 0 Å². The zero-order valence-electron chi connectivity index (χ0n) is 15.9. The van der Waals surface area contributed by atoms with Gasteiger partial charge in [0.1, 0.15) is 11.5 Å². The highest BCUT2D eigenvalue weighted by Crippen LogP contribution is 2.27. The third-order valence-electron chi connectivity index (χ3n) is 3.61. The first-order chi connectivity index (χ1) is 13.4. The number of benzene rings is 2. The van der Waals surface area contributed by atoms with Gasteiger partial charge >= 0.3 is 0 Å². The molecule has 0 fully saturated rings. The third kappa shape index (κ3) is 6.92. The summed E-state index contributed by atoms with van der Waals surface area (Å²) in [6.07, 6.45) is -0.00519. The normalized spacial score (nSPS) is 10.9. The van der Waals surface area contributed by atoms with Crippen molar-refractivity contribution >= 4 is 34.8 Å². The molecule has 0 heterocycles. The molecule has 0 aliphatic rings. The van der Waals surface area contributed by atoms with Gasteiger partial charge in [-0.25, -0.2) is 5.43 Å². The summed E-state index contributed by atoms with van der Waals surface area (Å²) >= 11 is 5.94. The number of carbonyl (C=O) groups excluding carboxylic acids is 2. The number of methoxy groups -OCH3 is 1. The van der Waals surface area contributed by atoms with Crippen LogP contribution in [0.25, 0.3) is 0 Å². The van der Waals surface area contributed by atoms with Gasteiger partial charge in [-0.15, -0.1) is 0 Å². The van der Waals surface area contributed by atoms with Crippen molar-refractivity contribution in [2.24, 2.45) is 5.10 Å². The molecule has 28 heavy (non-hydrogen) atoms. The van der Waals surface area contributed by atoms with Crippen LogP contribution < -0.4 is 20.2 Å². The molecule has 0 aliphatic heterocycles. The van der Waals surface area contributed by atoms with Crippen LogP contribution in [0.3, 0.4) is 0 Å². The molecule has 2 N–H and O–H groups in total. The Hall–Kier alpha value is -3.06. The van der Waals surface area contributed by atoms with E-state index in [0.29, 0.717) is 27.9 Å². The molecule has 7 nitrogen and oxygen atoms in total. The van der Waals surface area contributed by atoms with Crippen LogP contribution in [0.4, 0.5) is 5.69 Å². The van der Waals surface area contributed by atoms with Crippen molar-refractivity contribution in [3.05, 3.63) is 53.1 Å². The fourth-order valence-corrected chi connectivity index (χ4v) is 2.39. The van der Waals surface area contributed by atoms with Gasteiger partial charge in [-0.2, -0.15) is 5.10 Å². The summed E-state index contributed by atoms with van der Waals surface area (Å²) in [6, 6.07) is 12.3. The molecule has 148 valence electrons. The molecule has 0 spiro atoms. The molecule has 0 unspecified atom stereocenters. The van der Waals surface area contributed by atoms with Crippen LogP contribution in [0.2, 0.25) is 5.02 Å². The van der Waals surface area contributed by atoms with Gasteiger partial charge in [-0.05, 0) is 44.2 Å². The van der Waals surface area contributed by atoms with E-state index in [4.69, 9.17) is 21.1 Å². The fourth-order valence-electron chi connectivity index (χ4n) is 2.22. The van der Waals surface area contributed by atoms with Crippen LogP contribution in [0.1, 0.15) is 18.9 Å². The van der Waals surface area contributed by atoms with Gasteiger partial charge in [0, 0.05) is 10.7 Å². The lowest BCUT2D eigenvalue weighted by Gasteiger charge is -2.10. The van der Waals surface area contributed by atoms with Crippen LogP contribution in [0, 0.1) is 6.92 Å². The van der Waals surface area contributed by atoms with E-state index >= 15 is 0 Å². The molecule has 0 aliphatic carbocycles. The van der Waals surface area contributed by atoms with Gasteiger partial charge in [0.05, 0.1) is 19.2 Å². The number of anilines is 1. The first kappa shape index (κ1) is 21.2. The van der Waals surface area contributed by atoms with Crippen molar-refractivity contribution in [2.75, 3.05) is 19.0 Å². The van der Waals surface area contributed by atoms with E-state index in [2.05, 4.69) is 15.8 Å². The number of ether oxygens (including phenoxy) is 2. The molecular weight excluding hydrogens is 382 g/mol. The summed E-state index contributed by atoms with van der Waals surface area (Å²) < 4.78 is 10.5. The number of hydrazone groups is 1. The Balaban J connectivity index is 1.81. The lowest BCUT2D eigenvalue weighted by atomic mass is 10.2. The molecule has 2 rings (SSSR count). The first-order valence-electron chi connectivity index (χ1n) is 8.52. The second kappa shape index (κ2) is 10.3. The lowest BCUT2D eigenvalue weighted by Crippen LogP contribution is -2.26. The molecule has 2 amide bonds. The second-order valence-corrected chi connectivity index (χ2v) is 6.49. The average molecular weight is 404 g/mol. The maximum absolute atomic E-state index is 12.2. The van der Waals surface area contributed by atoms with Gasteiger partial charge in [0.15, 0.2) is 6.61 Å². The van der Waals surface area contributed by atoms with Crippen LogP contribution in [0.5, 0.6) is 11.5 Å². The van der Waals surface area contributed by atoms with Gasteiger partial charge in [-0.1, -0.05) is 29.3 Å². The number of hydrogen-bond acceptors (Lipinski definition) is 5. The number of carbonyl (C=O) groups is 2. The molecule has 0 saturated heterocycles. The zero-order valence-corrected chi connectivity index (χ0v) is 16.7. The SMILES string of the molecule is COc1ccc(Cl)cc1NC(=O)C/C(C)=N\NC(=O)COc1ccc(C)cc1. The van der Waals surface area contributed by atoms with E-state index in [9.17, 15) is 9.59 Å². The van der Waals surface area contributed by atoms with E-state index in [1.807, 2.05) is 19.1 Å². The van der Waals surface area contributed by atoms with E-state index < -0.39 is 5.91 Å². The number of nitrogens with zero attached hydrogens (tertiary/aromatic N) is 1. The Morgan fingerprint density at radius 1 is 1.11 bits per heavy atom. The highest BCUT2D eigenvalue weighted by Gasteiger charge is 2.10. The molecule has 0 aromatic heterocycles. The summed E-state index contributed by atoms with van der Waals surface area (Å²) in [5, 5.41) is 7.09. The molecule has 2 aromatic rings. The summed E-state index contributed by atoms with van der Waals surface area (Å²) in [4.78, 5) is 24.0. The van der Waals surface area contributed by atoms with Crippen molar-refractivity contribution in [1.29, 1.82) is 0 Å². The summed E-state index contributed by atoms with van der Waals surface area (Å²) in [5.74, 6) is 0.356. The van der Waals surface area contributed by atoms with Gasteiger partial charge in [-0.3, -0.25) is 9.59 Å². The predicted molar refractivity (Wildman–Crippen MR) is 109 cm³/mol. The Kier molecular flexibility index (Phi) is 7.83. The van der Waals surface area contributed by atoms with Crippen molar-refractivity contribution < 1.29 is 19.1 Å². The molecule has 0 radical (unpaired) electrons. The Bertz CT molecular complexity index is 866. The predicted octanol–water partition coefficient (Wildman–Crippen LogP) is 3.56. The minimum atomic E-state index is -0.420. The minimum Gasteiger partial charge on any atom is -0.495 e. The number of halogens is 1. The zero-order chi connectivity index (χ0) is 20.5. The van der Waals surface area contributed by atoms with E-state index in [1.54, 1.807) is 37.3 Å². The maximum atomic E-state index is 12.2. The maximum Gasteiger partial charge on any atom is 0.277 e. The first-order valence-corrected chi connectivity index (χ1v) is 8.90. The van der Waals surface area contributed by atoms with Crippen molar-refractivity contribution in [2.45, 2.75) is 20.3 Å². The fraction of sp³-hybridized carbons (Fsp3) is 0.250. The summed E-state index contributed by atoms with van der Waals surface area (Å²) in [7, 11) is 1.50. The summed E-state index contributed by atoms with van der Waals surface area (Å²) in [6.45, 7) is 3.42. The van der Waals surface area contributed by atoms with E-state index in [-0.39, 0.29) is 18.9 Å². The highest BCUT2D eigenvalue weighted by molar-refractivity contribution is 6.31. The Morgan fingerprint density at radius 3 is 2.50 bits per heavy atom. The monoisotopic (exact) mass is 403 g/mol. The quantitative estimate of drug-likeness (QED) is 0.521. The molecule has 0 saturated carbocycles. The topological polar surface area (TPSA) is 89.0 Å². The van der Waals surface area contributed by atoms with Gasteiger partial charge < -0.3 is 14.8 Å². The molecule has 2 aromatic carbocycles. The van der Waals surface area contributed by atoms with Gasteiger partial charge in [0.25, 0.3) is 5.91 Å². The van der Waals surface area contributed by atoms with Crippen LogP contribution in [-0.4, -0.2) is 31.2 Å². The molecule has 0 bridgehead atoms.